The van der Waals surface area contributed by atoms with Gasteiger partial charge in [-0.3, -0.25) is 0 Å². The molecule has 0 saturated carbocycles. The Morgan fingerprint density at radius 3 is 2.33 bits per heavy atom. The number of rotatable bonds is 7. The molecular formula is C17H20O4. The van der Waals surface area contributed by atoms with Gasteiger partial charge in [-0.1, -0.05) is 18.2 Å². The minimum atomic E-state index is -0.712. The van der Waals surface area contributed by atoms with Crippen molar-refractivity contribution in [2.45, 2.75) is 13.0 Å². The second kappa shape index (κ2) is 7.55. The second-order valence-electron chi connectivity index (χ2n) is 4.51. The van der Waals surface area contributed by atoms with Crippen molar-refractivity contribution in [1.29, 1.82) is 0 Å². The lowest BCUT2D eigenvalue weighted by Gasteiger charge is -2.14. The molecule has 0 aliphatic rings. The summed E-state index contributed by atoms with van der Waals surface area (Å²) in [6, 6.07) is 14.7. The minimum absolute atomic E-state index is 0.169. The first-order valence-corrected chi connectivity index (χ1v) is 6.90. The van der Waals surface area contributed by atoms with Crippen molar-refractivity contribution in [1.82, 2.24) is 0 Å². The molecule has 0 aliphatic heterocycles. The van der Waals surface area contributed by atoms with E-state index >= 15 is 0 Å². The maximum atomic E-state index is 10.2. The molecule has 4 nitrogen and oxygen atoms in total. The quantitative estimate of drug-likeness (QED) is 0.850. The smallest absolute Gasteiger partial charge is 0.123 e. The van der Waals surface area contributed by atoms with Gasteiger partial charge >= 0.3 is 0 Å². The van der Waals surface area contributed by atoms with Crippen LogP contribution in [0, 0.1) is 0 Å². The van der Waals surface area contributed by atoms with Gasteiger partial charge in [0.15, 0.2) is 0 Å². The van der Waals surface area contributed by atoms with Crippen LogP contribution in [0.1, 0.15) is 18.6 Å². The van der Waals surface area contributed by atoms with E-state index in [9.17, 15) is 5.11 Å². The highest BCUT2D eigenvalue weighted by molar-refractivity contribution is 5.33. The van der Waals surface area contributed by atoms with E-state index in [-0.39, 0.29) is 6.61 Å². The zero-order valence-corrected chi connectivity index (χ0v) is 12.3. The van der Waals surface area contributed by atoms with Crippen molar-refractivity contribution in [2.75, 3.05) is 20.3 Å². The third-order valence-electron chi connectivity index (χ3n) is 3.00. The van der Waals surface area contributed by atoms with Crippen LogP contribution < -0.4 is 14.2 Å². The van der Waals surface area contributed by atoms with Gasteiger partial charge in [-0.2, -0.15) is 0 Å². The van der Waals surface area contributed by atoms with Crippen LogP contribution in [0.15, 0.2) is 48.5 Å². The van der Waals surface area contributed by atoms with Gasteiger partial charge in [0.2, 0.25) is 0 Å². The van der Waals surface area contributed by atoms with E-state index in [1.165, 1.54) is 0 Å². The lowest BCUT2D eigenvalue weighted by atomic mass is 10.1. The van der Waals surface area contributed by atoms with Crippen molar-refractivity contribution in [3.63, 3.8) is 0 Å². The first kappa shape index (κ1) is 15.2. The van der Waals surface area contributed by atoms with E-state index in [0.717, 1.165) is 11.3 Å². The zero-order chi connectivity index (χ0) is 15.1. The fourth-order valence-electron chi connectivity index (χ4n) is 1.94. The Balaban J connectivity index is 1.96. The third-order valence-corrected chi connectivity index (χ3v) is 3.00. The number of aliphatic hydroxyl groups excluding tert-OH is 1. The predicted molar refractivity (Wildman–Crippen MR) is 81.1 cm³/mol. The molecule has 0 bridgehead atoms. The SMILES string of the molecule is CCOc1cccc(OCC(O)c2cccc(OC)c2)c1. The molecule has 4 heteroatoms. The summed E-state index contributed by atoms with van der Waals surface area (Å²) in [4.78, 5) is 0. The van der Waals surface area contributed by atoms with Gasteiger partial charge in [0.05, 0.1) is 13.7 Å². The highest BCUT2D eigenvalue weighted by Crippen LogP contribution is 2.23. The summed E-state index contributed by atoms with van der Waals surface area (Å²) in [7, 11) is 1.60. The lowest BCUT2D eigenvalue weighted by molar-refractivity contribution is 0.108. The molecule has 2 aromatic rings. The van der Waals surface area contributed by atoms with Crippen molar-refractivity contribution < 1.29 is 19.3 Å². The molecule has 2 rings (SSSR count). The first-order chi connectivity index (χ1) is 10.2. The molecule has 0 aromatic heterocycles. The van der Waals surface area contributed by atoms with E-state index in [4.69, 9.17) is 14.2 Å². The molecule has 0 radical (unpaired) electrons. The van der Waals surface area contributed by atoms with Crippen LogP contribution in [0.4, 0.5) is 0 Å². The van der Waals surface area contributed by atoms with Gasteiger partial charge < -0.3 is 19.3 Å². The number of hydrogen-bond donors (Lipinski definition) is 1. The van der Waals surface area contributed by atoms with Crippen LogP contribution in [0.5, 0.6) is 17.2 Å². The highest BCUT2D eigenvalue weighted by atomic mass is 16.5. The van der Waals surface area contributed by atoms with E-state index in [1.807, 2.05) is 49.4 Å². The molecule has 112 valence electrons. The molecule has 0 amide bonds. The van der Waals surface area contributed by atoms with Crippen LogP contribution in [-0.4, -0.2) is 25.4 Å². The molecule has 1 N–H and O–H groups in total. The van der Waals surface area contributed by atoms with Crippen molar-refractivity contribution in [2.24, 2.45) is 0 Å². The molecule has 0 spiro atoms. The molecular weight excluding hydrogens is 268 g/mol. The Morgan fingerprint density at radius 2 is 1.62 bits per heavy atom. The van der Waals surface area contributed by atoms with Gasteiger partial charge in [-0.05, 0) is 36.8 Å². The van der Waals surface area contributed by atoms with Crippen LogP contribution in [0.3, 0.4) is 0 Å². The molecule has 1 atom stereocenters. The van der Waals surface area contributed by atoms with Gasteiger partial charge in [-0.15, -0.1) is 0 Å². The summed E-state index contributed by atoms with van der Waals surface area (Å²) in [5.41, 5.74) is 0.760. The maximum Gasteiger partial charge on any atom is 0.123 e. The minimum Gasteiger partial charge on any atom is -0.497 e. The van der Waals surface area contributed by atoms with Gasteiger partial charge in [-0.25, -0.2) is 0 Å². The summed E-state index contributed by atoms with van der Waals surface area (Å²) in [5, 5.41) is 10.2. The number of ether oxygens (including phenoxy) is 3. The summed E-state index contributed by atoms with van der Waals surface area (Å²) < 4.78 is 16.2. The maximum absolute atomic E-state index is 10.2. The molecule has 0 heterocycles. The summed E-state index contributed by atoms with van der Waals surface area (Å²) in [6.45, 7) is 2.71. The molecule has 21 heavy (non-hydrogen) atoms. The average molecular weight is 288 g/mol. The van der Waals surface area contributed by atoms with Gasteiger partial charge in [0, 0.05) is 6.07 Å². The molecule has 0 fully saturated rings. The Kier molecular flexibility index (Phi) is 5.46. The lowest BCUT2D eigenvalue weighted by Crippen LogP contribution is -2.09. The van der Waals surface area contributed by atoms with Crippen molar-refractivity contribution in [3.8, 4) is 17.2 Å². The van der Waals surface area contributed by atoms with E-state index in [1.54, 1.807) is 13.2 Å². The number of aliphatic hydroxyl groups is 1. The van der Waals surface area contributed by atoms with E-state index in [0.29, 0.717) is 18.1 Å². The van der Waals surface area contributed by atoms with Crippen LogP contribution in [0.2, 0.25) is 0 Å². The Hall–Kier alpha value is -2.20. The Morgan fingerprint density at radius 1 is 0.952 bits per heavy atom. The predicted octanol–water partition coefficient (Wildman–Crippen LogP) is 3.21. The fourth-order valence-corrected chi connectivity index (χ4v) is 1.94. The normalized spacial score (nSPS) is 11.8. The topological polar surface area (TPSA) is 47.9 Å². The van der Waals surface area contributed by atoms with E-state index < -0.39 is 6.10 Å². The zero-order valence-electron chi connectivity index (χ0n) is 12.3. The van der Waals surface area contributed by atoms with Crippen LogP contribution >= 0.6 is 0 Å². The number of hydrogen-bond acceptors (Lipinski definition) is 4. The fraction of sp³-hybridized carbons (Fsp3) is 0.294. The molecule has 1 unspecified atom stereocenters. The molecule has 0 saturated heterocycles. The number of benzene rings is 2. The second-order valence-corrected chi connectivity index (χ2v) is 4.51. The summed E-state index contributed by atoms with van der Waals surface area (Å²) in [5.74, 6) is 2.14. The molecule has 2 aromatic carbocycles. The Bertz CT molecular complexity index is 568. The molecule has 0 aliphatic carbocycles. The van der Waals surface area contributed by atoms with Crippen LogP contribution in [-0.2, 0) is 0 Å². The monoisotopic (exact) mass is 288 g/mol. The Labute approximate surface area is 124 Å². The van der Waals surface area contributed by atoms with Crippen molar-refractivity contribution >= 4 is 0 Å². The highest BCUT2D eigenvalue weighted by Gasteiger charge is 2.09. The third kappa shape index (κ3) is 4.39. The summed E-state index contributed by atoms with van der Waals surface area (Å²) >= 11 is 0. The van der Waals surface area contributed by atoms with Crippen LogP contribution in [0.25, 0.3) is 0 Å². The largest absolute Gasteiger partial charge is 0.497 e. The summed E-state index contributed by atoms with van der Waals surface area (Å²) in [6.07, 6.45) is -0.712. The number of methoxy groups -OCH3 is 1. The van der Waals surface area contributed by atoms with E-state index in [2.05, 4.69) is 0 Å². The van der Waals surface area contributed by atoms with Gasteiger partial charge in [0.25, 0.3) is 0 Å². The first-order valence-electron chi connectivity index (χ1n) is 6.90. The standard InChI is InChI=1S/C17H20O4/c1-3-20-15-8-5-9-16(11-15)21-12-17(18)13-6-4-7-14(10-13)19-2/h4-11,17-18H,3,12H2,1-2H3. The van der Waals surface area contributed by atoms with Crippen molar-refractivity contribution in [3.05, 3.63) is 54.1 Å². The van der Waals surface area contributed by atoms with Gasteiger partial charge in [0.1, 0.15) is 30.0 Å². The average Bonchev–Trinajstić information content (AvgIpc) is 2.53.